The summed E-state index contributed by atoms with van der Waals surface area (Å²) in [5.41, 5.74) is 4.67. The van der Waals surface area contributed by atoms with Gasteiger partial charge in [0.25, 0.3) is 0 Å². The maximum absolute atomic E-state index is 7.83. The molecule has 0 aliphatic heterocycles. The highest BCUT2D eigenvalue weighted by Crippen LogP contribution is 1.50. The van der Waals surface area contributed by atoms with Crippen molar-refractivity contribution in [1.29, 1.82) is 0 Å². The Morgan fingerprint density at radius 3 is 1.67 bits per heavy atom. The summed E-state index contributed by atoms with van der Waals surface area (Å²) in [6.45, 7) is 7.50. The fraction of sp³-hybridized carbons (Fsp3) is 0.500. The average molecular weight is 89.1 g/mol. The third kappa shape index (κ3) is 224. The summed E-state index contributed by atoms with van der Waals surface area (Å²) in [6, 6.07) is 0. The van der Waals surface area contributed by atoms with Crippen molar-refractivity contribution in [3.8, 4) is 0 Å². The molecule has 0 bridgehead atoms. The molecule has 0 spiro atoms. The third-order valence-electron chi connectivity index (χ3n) is 0. The monoisotopic (exact) mass is 89.1 g/mol. The van der Waals surface area contributed by atoms with Crippen molar-refractivity contribution >= 4 is 0 Å². The number of hydrogen-bond acceptors (Lipinski definition) is 2. The van der Waals surface area contributed by atoms with E-state index in [2.05, 4.69) is 18.9 Å². The Kier molecular flexibility index (Phi) is 13.5. The van der Waals surface area contributed by atoms with Crippen LogP contribution in [0, 0.1) is 0 Å². The second kappa shape index (κ2) is 8.82. The van der Waals surface area contributed by atoms with E-state index in [9.17, 15) is 0 Å². The molecule has 0 aliphatic rings. The minimum Gasteiger partial charge on any atom is -0.379 e. The molecule has 0 aromatic heterocycles. The molecule has 1 unspecified atom stereocenters. The lowest BCUT2D eigenvalue weighted by Crippen LogP contribution is -2.11. The zero-order chi connectivity index (χ0) is 5.58. The fourth-order valence-corrected chi connectivity index (χ4v) is 0. The number of hydrogen-bond donors (Lipinski definition) is 2. The average Bonchev–Trinajstić information content (AvgIpc) is 1.41. The van der Waals surface area contributed by atoms with Gasteiger partial charge in [-0.05, 0) is 6.92 Å². The van der Waals surface area contributed by atoms with Crippen molar-refractivity contribution in [1.82, 2.24) is 0 Å². The molecule has 0 fully saturated rings. The Balaban J connectivity index is 0. The summed E-state index contributed by atoms with van der Waals surface area (Å²) in [7, 11) is 0. The lowest BCUT2D eigenvalue weighted by Gasteiger charge is -1.82. The Morgan fingerprint density at radius 1 is 1.67 bits per heavy atom. The van der Waals surface area contributed by atoms with E-state index in [0.29, 0.717) is 0 Å². The molecule has 0 aliphatic carbocycles. The second-order valence-corrected chi connectivity index (χ2v) is 0.741. The van der Waals surface area contributed by atoms with Crippen molar-refractivity contribution in [3.63, 3.8) is 0 Å². The Bertz CT molecular complexity index is 18.8. The van der Waals surface area contributed by atoms with Crippen molar-refractivity contribution in [2.45, 2.75) is 13.2 Å². The molecule has 6 heavy (non-hydrogen) atoms. The first kappa shape index (κ1) is 9.18. The van der Waals surface area contributed by atoms with Gasteiger partial charge in [0.2, 0.25) is 0 Å². The molecule has 0 aromatic rings. The first-order valence-electron chi connectivity index (χ1n) is 1.67. The van der Waals surface area contributed by atoms with E-state index in [1.807, 2.05) is 0 Å². The summed E-state index contributed by atoms with van der Waals surface area (Å²) in [5, 5.41) is 7.83. The largest absolute Gasteiger partial charge is 0.379 e. The molecule has 3 N–H and O–H groups in total. The highest BCUT2D eigenvalue weighted by molar-refractivity contribution is 4.22. The van der Waals surface area contributed by atoms with Crippen LogP contribution in [0.4, 0.5) is 0 Å². The van der Waals surface area contributed by atoms with E-state index in [1.54, 1.807) is 0 Å². The fourth-order valence-electron chi connectivity index (χ4n) is 0. The van der Waals surface area contributed by atoms with E-state index < -0.39 is 6.23 Å². The van der Waals surface area contributed by atoms with Crippen LogP contribution in [-0.2, 0) is 0 Å². The molecule has 0 amide bonds. The van der Waals surface area contributed by atoms with Gasteiger partial charge in [-0.15, -0.1) is 13.2 Å². The Morgan fingerprint density at radius 2 is 1.67 bits per heavy atom. The lowest BCUT2D eigenvalue weighted by molar-refractivity contribution is 0.203. The molecule has 2 nitrogen and oxygen atoms in total. The van der Waals surface area contributed by atoms with E-state index >= 15 is 0 Å². The van der Waals surface area contributed by atoms with E-state index in [0.717, 1.165) is 0 Å². The Labute approximate surface area is 38.3 Å². The van der Waals surface area contributed by atoms with Gasteiger partial charge in [-0.1, -0.05) is 0 Å². The summed E-state index contributed by atoms with van der Waals surface area (Å²) >= 11 is 0. The number of aliphatic hydroxyl groups is 1. The van der Waals surface area contributed by atoms with Gasteiger partial charge in [-0.2, -0.15) is 0 Å². The molecule has 0 saturated heterocycles. The summed E-state index contributed by atoms with van der Waals surface area (Å²) in [6.07, 6.45) is -0.667. The van der Waals surface area contributed by atoms with Crippen LogP contribution < -0.4 is 5.73 Å². The molecule has 0 heterocycles. The van der Waals surface area contributed by atoms with Gasteiger partial charge in [-0.25, -0.2) is 0 Å². The first-order valence-corrected chi connectivity index (χ1v) is 1.67. The molecule has 0 rings (SSSR count). The van der Waals surface area contributed by atoms with E-state index in [-0.39, 0.29) is 0 Å². The van der Waals surface area contributed by atoms with Crippen LogP contribution in [0.25, 0.3) is 0 Å². The van der Waals surface area contributed by atoms with Gasteiger partial charge >= 0.3 is 0 Å². The molecule has 1 atom stereocenters. The van der Waals surface area contributed by atoms with Gasteiger partial charge in [-0.3, -0.25) is 0 Å². The van der Waals surface area contributed by atoms with Crippen LogP contribution >= 0.6 is 0 Å². The minimum absolute atomic E-state index is 0.667. The number of rotatable bonds is 0. The standard InChI is InChI=1S/C2H7NO.C2H4/c1-2(3)4;1-2/h2,4H,3H2,1H3;1-2H2. The SMILES string of the molecule is C=C.CC(N)O. The number of nitrogens with two attached hydrogens (primary N) is 1. The molecule has 2 heteroatoms. The van der Waals surface area contributed by atoms with Gasteiger partial charge in [0.05, 0.1) is 6.23 Å². The van der Waals surface area contributed by atoms with Crippen molar-refractivity contribution < 1.29 is 5.11 Å². The van der Waals surface area contributed by atoms with Crippen LogP contribution in [0.5, 0.6) is 0 Å². The number of aliphatic hydroxyl groups excluding tert-OH is 1. The first-order chi connectivity index (χ1) is 2.73. The second-order valence-electron chi connectivity index (χ2n) is 0.741. The lowest BCUT2D eigenvalue weighted by atomic mass is 10.7. The quantitative estimate of drug-likeness (QED) is 0.326. The zero-order valence-electron chi connectivity index (χ0n) is 4.02. The normalized spacial score (nSPS) is 11.2. The van der Waals surface area contributed by atoms with Gasteiger partial charge < -0.3 is 10.8 Å². The van der Waals surface area contributed by atoms with Gasteiger partial charge in [0.15, 0.2) is 0 Å². The van der Waals surface area contributed by atoms with Crippen LogP contribution in [0.2, 0.25) is 0 Å². The third-order valence-corrected chi connectivity index (χ3v) is 0. The minimum atomic E-state index is -0.667. The summed E-state index contributed by atoms with van der Waals surface area (Å²) in [4.78, 5) is 0. The molecule has 0 radical (unpaired) electrons. The highest BCUT2D eigenvalue weighted by atomic mass is 16.3. The van der Waals surface area contributed by atoms with E-state index in [1.165, 1.54) is 6.92 Å². The summed E-state index contributed by atoms with van der Waals surface area (Å²) in [5.74, 6) is 0. The smallest absolute Gasteiger partial charge is 0.0991 e. The van der Waals surface area contributed by atoms with Gasteiger partial charge in [0.1, 0.15) is 0 Å². The highest BCUT2D eigenvalue weighted by Gasteiger charge is 1.68. The molecule has 38 valence electrons. The zero-order valence-corrected chi connectivity index (χ0v) is 4.02. The molecule has 0 saturated carbocycles. The van der Waals surface area contributed by atoms with Gasteiger partial charge in [0, 0.05) is 0 Å². The molecular formula is C4H11NO. The van der Waals surface area contributed by atoms with Crippen LogP contribution in [-0.4, -0.2) is 11.3 Å². The van der Waals surface area contributed by atoms with Crippen molar-refractivity contribution in [2.24, 2.45) is 5.73 Å². The van der Waals surface area contributed by atoms with E-state index in [4.69, 9.17) is 5.11 Å². The summed E-state index contributed by atoms with van der Waals surface area (Å²) < 4.78 is 0. The predicted molar refractivity (Wildman–Crippen MR) is 27.1 cm³/mol. The molecule has 0 aromatic carbocycles. The maximum Gasteiger partial charge on any atom is 0.0991 e. The van der Waals surface area contributed by atoms with Crippen LogP contribution in [0.1, 0.15) is 6.92 Å². The maximum atomic E-state index is 7.83. The molecular weight excluding hydrogens is 78.0 g/mol. The topological polar surface area (TPSA) is 46.2 Å². The van der Waals surface area contributed by atoms with Crippen molar-refractivity contribution in [2.75, 3.05) is 0 Å². The van der Waals surface area contributed by atoms with Crippen LogP contribution in [0.15, 0.2) is 13.2 Å². The van der Waals surface area contributed by atoms with Crippen molar-refractivity contribution in [3.05, 3.63) is 13.2 Å². The predicted octanol–water partition coefficient (Wildman–Crippen LogP) is 0.0856. The Hall–Kier alpha value is -0.340. The van der Waals surface area contributed by atoms with Crippen LogP contribution in [0.3, 0.4) is 0 Å².